The van der Waals surface area contributed by atoms with Crippen molar-refractivity contribution in [2.45, 2.75) is 20.8 Å². The number of aryl methyl sites for hydroxylation is 1. The smallest absolute Gasteiger partial charge is 0.274 e. The van der Waals surface area contributed by atoms with Crippen LogP contribution in [-0.4, -0.2) is 36.1 Å². The summed E-state index contributed by atoms with van der Waals surface area (Å²) >= 11 is 0. The molecule has 0 unspecified atom stereocenters. The molecule has 2 aromatic rings. The maximum atomic E-state index is 12.5. The molecular formula is C17H22N4O2. The molecule has 1 amide bonds. The number of aromatic nitrogens is 2. The molecular weight excluding hydrogens is 292 g/mol. The Morgan fingerprint density at radius 2 is 1.91 bits per heavy atom. The van der Waals surface area contributed by atoms with Crippen molar-refractivity contribution in [3.8, 4) is 5.75 Å². The van der Waals surface area contributed by atoms with Crippen LogP contribution in [-0.2, 0) is 0 Å². The Morgan fingerprint density at radius 1 is 1.22 bits per heavy atom. The summed E-state index contributed by atoms with van der Waals surface area (Å²) in [6, 6.07) is 8.98. The number of nitrogens with zero attached hydrogens (tertiary/aromatic N) is 3. The number of para-hydroxylation sites is 2. The van der Waals surface area contributed by atoms with Crippen LogP contribution >= 0.6 is 0 Å². The van der Waals surface area contributed by atoms with Crippen molar-refractivity contribution in [3.05, 3.63) is 41.9 Å². The van der Waals surface area contributed by atoms with Gasteiger partial charge in [0.1, 0.15) is 23.1 Å². The quantitative estimate of drug-likeness (QED) is 0.888. The first-order valence-corrected chi connectivity index (χ1v) is 7.64. The molecule has 1 N–H and O–H groups in total. The van der Waals surface area contributed by atoms with E-state index >= 15 is 0 Å². The highest BCUT2D eigenvalue weighted by Gasteiger charge is 2.14. The first kappa shape index (κ1) is 16.7. The first-order valence-electron chi connectivity index (χ1n) is 7.64. The molecule has 0 saturated carbocycles. The molecule has 6 heteroatoms. The third kappa shape index (κ3) is 3.97. The molecule has 0 aliphatic rings. The van der Waals surface area contributed by atoms with Crippen molar-refractivity contribution in [2.24, 2.45) is 0 Å². The molecule has 1 aromatic heterocycles. The van der Waals surface area contributed by atoms with Crippen LogP contribution < -0.4 is 15.0 Å². The van der Waals surface area contributed by atoms with Crippen LogP contribution in [0.5, 0.6) is 5.75 Å². The molecule has 1 aromatic carbocycles. The van der Waals surface area contributed by atoms with Gasteiger partial charge in [-0.3, -0.25) is 4.79 Å². The van der Waals surface area contributed by atoms with Crippen LogP contribution in [0.4, 0.5) is 11.5 Å². The summed E-state index contributed by atoms with van der Waals surface area (Å²) in [4.78, 5) is 23.2. The number of amides is 1. The minimum absolute atomic E-state index is 0.284. The second-order valence-electron chi connectivity index (χ2n) is 4.99. The van der Waals surface area contributed by atoms with Gasteiger partial charge in [-0.2, -0.15) is 0 Å². The fourth-order valence-electron chi connectivity index (χ4n) is 2.31. The minimum atomic E-state index is -0.284. The molecule has 6 nitrogen and oxygen atoms in total. The van der Waals surface area contributed by atoms with Gasteiger partial charge in [0, 0.05) is 19.2 Å². The number of nitrogens with one attached hydrogen (secondary N) is 1. The van der Waals surface area contributed by atoms with Crippen molar-refractivity contribution in [3.63, 3.8) is 0 Å². The highest BCUT2D eigenvalue weighted by Crippen LogP contribution is 2.23. The molecule has 23 heavy (non-hydrogen) atoms. The number of methoxy groups -OCH3 is 1. The highest BCUT2D eigenvalue weighted by atomic mass is 16.5. The molecule has 0 aliphatic heterocycles. The zero-order valence-corrected chi connectivity index (χ0v) is 14.0. The van der Waals surface area contributed by atoms with Gasteiger partial charge in [0.15, 0.2) is 0 Å². The number of carbonyl (C=O) groups excluding carboxylic acids is 1. The first-order chi connectivity index (χ1) is 11.1. The maximum absolute atomic E-state index is 12.5. The van der Waals surface area contributed by atoms with Crippen molar-refractivity contribution in [1.29, 1.82) is 0 Å². The Hall–Kier alpha value is -2.63. The Bertz CT molecular complexity index is 684. The summed E-state index contributed by atoms with van der Waals surface area (Å²) in [7, 11) is 1.57. The standard InChI is InChI=1S/C17H22N4O2/c1-5-21(6-2)16-11-14(18-12(3)19-16)17(22)20-13-9-7-8-10-15(13)23-4/h7-11H,5-6H2,1-4H3,(H,20,22). The van der Waals surface area contributed by atoms with E-state index in [-0.39, 0.29) is 5.91 Å². The van der Waals surface area contributed by atoms with E-state index in [1.54, 1.807) is 32.2 Å². The molecule has 0 radical (unpaired) electrons. The molecule has 0 spiro atoms. The van der Waals surface area contributed by atoms with Gasteiger partial charge in [0.25, 0.3) is 5.91 Å². The summed E-state index contributed by atoms with van der Waals surface area (Å²) in [5.74, 6) is 1.65. The minimum Gasteiger partial charge on any atom is -0.495 e. The number of carbonyl (C=O) groups is 1. The number of rotatable bonds is 6. The zero-order valence-electron chi connectivity index (χ0n) is 14.0. The van der Waals surface area contributed by atoms with Gasteiger partial charge in [0.05, 0.1) is 12.8 Å². The van der Waals surface area contributed by atoms with Gasteiger partial charge in [-0.1, -0.05) is 12.1 Å². The van der Waals surface area contributed by atoms with E-state index in [9.17, 15) is 4.79 Å². The fraction of sp³-hybridized carbons (Fsp3) is 0.353. The van der Waals surface area contributed by atoms with Crippen molar-refractivity contribution >= 4 is 17.4 Å². The van der Waals surface area contributed by atoms with Gasteiger partial charge < -0.3 is 15.0 Å². The van der Waals surface area contributed by atoms with Gasteiger partial charge in [0.2, 0.25) is 0 Å². The molecule has 0 fully saturated rings. The largest absolute Gasteiger partial charge is 0.495 e. The average molecular weight is 314 g/mol. The monoisotopic (exact) mass is 314 g/mol. The average Bonchev–Trinajstić information content (AvgIpc) is 2.56. The lowest BCUT2D eigenvalue weighted by atomic mass is 10.2. The number of benzene rings is 1. The zero-order chi connectivity index (χ0) is 16.8. The van der Waals surface area contributed by atoms with E-state index in [0.717, 1.165) is 18.9 Å². The van der Waals surface area contributed by atoms with E-state index in [1.807, 2.05) is 12.1 Å². The normalized spacial score (nSPS) is 10.3. The van der Waals surface area contributed by atoms with Crippen LogP contribution in [0.1, 0.15) is 30.2 Å². The van der Waals surface area contributed by atoms with Gasteiger partial charge >= 0.3 is 0 Å². The molecule has 1 heterocycles. The van der Waals surface area contributed by atoms with Crippen molar-refractivity contribution < 1.29 is 9.53 Å². The number of anilines is 2. The topological polar surface area (TPSA) is 67.4 Å². The molecule has 0 aliphatic carbocycles. The summed E-state index contributed by atoms with van der Waals surface area (Å²) in [5, 5.41) is 2.83. The molecule has 0 atom stereocenters. The second kappa shape index (κ2) is 7.58. The number of ether oxygens (including phenoxy) is 1. The highest BCUT2D eigenvalue weighted by molar-refractivity contribution is 6.04. The second-order valence-corrected chi connectivity index (χ2v) is 4.99. The lowest BCUT2D eigenvalue weighted by Crippen LogP contribution is -2.25. The maximum Gasteiger partial charge on any atom is 0.274 e. The van der Waals surface area contributed by atoms with Gasteiger partial charge in [-0.15, -0.1) is 0 Å². The predicted octanol–water partition coefficient (Wildman–Crippen LogP) is 2.89. The third-order valence-corrected chi connectivity index (χ3v) is 3.50. The summed E-state index contributed by atoms with van der Waals surface area (Å²) in [5.41, 5.74) is 0.950. The summed E-state index contributed by atoms with van der Waals surface area (Å²) in [6.45, 7) is 7.53. The molecule has 0 saturated heterocycles. The third-order valence-electron chi connectivity index (χ3n) is 3.50. The number of hydrogen-bond acceptors (Lipinski definition) is 5. The van der Waals surface area contributed by atoms with Crippen LogP contribution in [0.2, 0.25) is 0 Å². The Balaban J connectivity index is 2.29. The Kier molecular flexibility index (Phi) is 5.51. The van der Waals surface area contributed by atoms with Crippen LogP contribution in [0.3, 0.4) is 0 Å². The lowest BCUT2D eigenvalue weighted by Gasteiger charge is -2.20. The number of hydrogen-bond donors (Lipinski definition) is 1. The molecule has 2 rings (SSSR count). The lowest BCUT2D eigenvalue weighted by molar-refractivity contribution is 0.102. The van der Waals surface area contributed by atoms with E-state index in [0.29, 0.717) is 23.0 Å². The van der Waals surface area contributed by atoms with Crippen molar-refractivity contribution in [1.82, 2.24) is 9.97 Å². The van der Waals surface area contributed by atoms with Gasteiger partial charge in [-0.25, -0.2) is 9.97 Å². The Labute approximate surface area is 136 Å². The summed E-state index contributed by atoms with van der Waals surface area (Å²) in [6.07, 6.45) is 0. The van der Waals surface area contributed by atoms with Crippen LogP contribution in [0, 0.1) is 6.92 Å². The van der Waals surface area contributed by atoms with Crippen LogP contribution in [0.25, 0.3) is 0 Å². The predicted molar refractivity (Wildman–Crippen MR) is 91.3 cm³/mol. The van der Waals surface area contributed by atoms with E-state index < -0.39 is 0 Å². The fourth-order valence-corrected chi connectivity index (χ4v) is 2.31. The van der Waals surface area contributed by atoms with Crippen molar-refractivity contribution in [2.75, 3.05) is 30.4 Å². The van der Waals surface area contributed by atoms with Gasteiger partial charge in [-0.05, 0) is 32.9 Å². The Morgan fingerprint density at radius 3 is 2.57 bits per heavy atom. The molecule has 122 valence electrons. The van der Waals surface area contributed by atoms with E-state index in [1.165, 1.54) is 0 Å². The van der Waals surface area contributed by atoms with Crippen LogP contribution in [0.15, 0.2) is 30.3 Å². The van der Waals surface area contributed by atoms with E-state index in [2.05, 4.69) is 34.0 Å². The molecule has 0 bridgehead atoms. The SMILES string of the molecule is CCN(CC)c1cc(C(=O)Nc2ccccc2OC)nc(C)n1. The van der Waals surface area contributed by atoms with E-state index in [4.69, 9.17) is 4.74 Å². The summed E-state index contributed by atoms with van der Waals surface area (Å²) < 4.78 is 5.25.